The number of thioether (sulfide) groups is 1. The normalized spacial score (nSPS) is 16.0. The Bertz CT molecular complexity index is 493. The molecule has 0 aliphatic carbocycles. The van der Waals surface area contributed by atoms with Crippen LogP contribution in [0.3, 0.4) is 0 Å². The van der Waals surface area contributed by atoms with Gasteiger partial charge in [0.2, 0.25) is 0 Å². The van der Waals surface area contributed by atoms with Crippen LogP contribution in [0.2, 0.25) is 0 Å². The SMILES string of the molecule is CCCSc1nsnc1N1CCN(C(=O)OC(C)(C)C)CC1. The predicted molar refractivity (Wildman–Crippen MR) is 90.9 cm³/mol. The lowest BCUT2D eigenvalue weighted by molar-refractivity contribution is 0.0240. The molecular weight excluding hydrogens is 320 g/mol. The van der Waals surface area contributed by atoms with E-state index in [1.165, 1.54) is 11.7 Å². The van der Waals surface area contributed by atoms with Crippen LogP contribution in [-0.4, -0.2) is 57.3 Å². The van der Waals surface area contributed by atoms with Gasteiger partial charge in [-0.05, 0) is 32.9 Å². The molecule has 0 saturated carbocycles. The van der Waals surface area contributed by atoms with Crippen LogP contribution in [0.15, 0.2) is 5.03 Å². The Balaban J connectivity index is 1.89. The molecule has 0 radical (unpaired) electrons. The number of hydrogen-bond donors (Lipinski definition) is 0. The molecule has 0 unspecified atom stereocenters. The summed E-state index contributed by atoms with van der Waals surface area (Å²) in [6, 6.07) is 0. The van der Waals surface area contributed by atoms with Gasteiger partial charge >= 0.3 is 6.09 Å². The number of piperazine rings is 1. The lowest BCUT2D eigenvalue weighted by Gasteiger charge is -2.35. The van der Waals surface area contributed by atoms with Gasteiger partial charge in [0, 0.05) is 26.2 Å². The van der Waals surface area contributed by atoms with Crippen LogP contribution >= 0.6 is 23.5 Å². The van der Waals surface area contributed by atoms with E-state index < -0.39 is 5.60 Å². The molecular formula is C14H24N4O2S2. The molecule has 1 amide bonds. The van der Waals surface area contributed by atoms with Crippen LogP contribution in [0.5, 0.6) is 0 Å². The van der Waals surface area contributed by atoms with E-state index >= 15 is 0 Å². The minimum absolute atomic E-state index is 0.232. The highest BCUT2D eigenvalue weighted by molar-refractivity contribution is 7.99. The number of nitrogens with zero attached hydrogens (tertiary/aromatic N) is 4. The smallest absolute Gasteiger partial charge is 0.410 e. The highest BCUT2D eigenvalue weighted by Crippen LogP contribution is 2.29. The molecule has 22 heavy (non-hydrogen) atoms. The number of carbonyl (C=O) groups is 1. The van der Waals surface area contributed by atoms with E-state index in [1.54, 1.807) is 16.7 Å². The molecule has 8 heteroatoms. The van der Waals surface area contributed by atoms with Gasteiger partial charge < -0.3 is 14.5 Å². The summed E-state index contributed by atoms with van der Waals surface area (Å²) in [5.41, 5.74) is -0.447. The molecule has 0 bridgehead atoms. The van der Waals surface area contributed by atoms with E-state index in [-0.39, 0.29) is 6.09 Å². The van der Waals surface area contributed by atoms with Crippen molar-refractivity contribution in [2.75, 3.05) is 36.8 Å². The molecule has 1 aromatic heterocycles. The molecule has 1 aliphatic heterocycles. The van der Waals surface area contributed by atoms with Crippen molar-refractivity contribution in [3.8, 4) is 0 Å². The molecule has 1 aromatic rings. The fourth-order valence-corrected chi connectivity index (χ4v) is 3.63. The van der Waals surface area contributed by atoms with Crippen LogP contribution in [-0.2, 0) is 4.74 Å². The van der Waals surface area contributed by atoms with Crippen LogP contribution in [0.1, 0.15) is 34.1 Å². The average molecular weight is 345 g/mol. The molecule has 2 heterocycles. The molecule has 1 aliphatic rings. The second-order valence-electron chi connectivity index (χ2n) is 6.20. The van der Waals surface area contributed by atoms with Gasteiger partial charge in [-0.25, -0.2) is 4.79 Å². The highest BCUT2D eigenvalue weighted by Gasteiger charge is 2.27. The van der Waals surface area contributed by atoms with Gasteiger partial charge in [-0.1, -0.05) is 6.92 Å². The van der Waals surface area contributed by atoms with Crippen molar-refractivity contribution >= 4 is 35.4 Å². The van der Waals surface area contributed by atoms with Gasteiger partial charge in [0.15, 0.2) is 10.8 Å². The number of hydrogen-bond acceptors (Lipinski definition) is 7. The van der Waals surface area contributed by atoms with Gasteiger partial charge in [0.25, 0.3) is 0 Å². The number of amides is 1. The van der Waals surface area contributed by atoms with Crippen LogP contribution in [0.25, 0.3) is 0 Å². The second-order valence-corrected chi connectivity index (χ2v) is 7.81. The third-order valence-electron chi connectivity index (χ3n) is 3.12. The Morgan fingerprint density at radius 3 is 2.55 bits per heavy atom. The summed E-state index contributed by atoms with van der Waals surface area (Å²) in [5.74, 6) is 2.02. The summed E-state index contributed by atoms with van der Waals surface area (Å²) in [5, 5.41) is 1.01. The van der Waals surface area contributed by atoms with Crippen molar-refractivity contribution in [1.29, 1.82) is 0 Å². The number of aromatic nitrogens is 2. The molecule has 1 fully saturated rings. The van der Waals surface area contributed by atoms with E-state index in [0.717, 1.165) is 36.1 Å². The van der Waals surface area contributed by atoms with Crippen molar-refractivity contribution in [3.63, 3.8) is 0 Å². The zero-order valence-corrected chi connectivity index (χ0v) is 15.3. The Morgan fingerprint density at radius 1 is 1.27 bits per heavy atom. The average Bonchev–Trinajstić information content (AvgIpc) is 2.91. The third kappa shape index (κ3) is 4.74. The van der Waals surface area contributed by atoms with E-state index in [0.29, 0.717) is 13.1 Å². The molecule has 0 aromatic carbocycles. The number of rotatable bonds is 4. The molecule has 0 spiro atoms. The summed E-state index contributed by atoms with van der Waals surface area (Å²) in [6.07, 6.45) is 0.887. The summed E-state index contributed by atoms with van der Waals surface area (Å²) >= 11 is 3.01. The first-order valence-electron chi connectivity index (χ1n) is 7.59. The van der Waals surface area contributed by atoms with Gasteiger partial charge in [-0.3, -0.25) is 0 Å². The van der Waals surface area contributed by atoms with Gasteiger partial charge in [0.05, 0.1) is 11.7 Å². The Hall–Kier alpha value is -1.02. The number of carbonyl (C=O) groups excluding carboxylic acids is 1. The Kier molecular flexibility index (Phi) is 5.91. The van der Waals surface area contributed by atoms with Crippen molar-refractivity contribution in [1.82, 2.24) is 13.6 Å². The maximum atomic E-state index is 12.1. The second kappa shape index (κ2) is 7.50. The topological polar surface area (TPSA) is 58.6 Å². The van der Waals surface area contributed by atoms with E-state index in [2.05, 4.69) is 20.6 Å². The zero-order chi connectivity index (χ0) is 16.2. The highest BCUT2D eigenvalue weighted by atomic mass is 32.2. The van der Waals surface area contributed by atoms with Crippen molar-refractivity contribution in [2.24, 2.45) is 0 Å². The maximum Gasteiger partial charge on any atom is 0.410 e. The van der Waals surface area contributed by atoms with E-state index in [1.807, 2.05) is 20.8 Å². The minimum atomic E-state index is -0.447. The minimum Gasteiger partial charge on any atom is -0.444 e. The summed E-state index contributed by atoms with van der Waals surface area (Å²) in [4.78, 5) is 16.0. The molecule has 2 rings (SSSR count). The molecule has 124 valence electrons. The van der Waals surface area contributed by atoms with Crippen LogP contribution in [0, 0.1) is 0 Å². The summed E-state index contributed by atoms with van der Waals surface area (Å²) < 4.78 is 14.2. The maximum absolute atomic E-state index is 12.1. The number of ether oxygens (including phenoxy) is 1. The summed E-state index contributed by atoms with van der Waals surface area (Å²) in [6.45, 7) is 10.7. The van der Waals surface area contributed by atoms with Gasteiger partial charge in [-0.15, -0.1) is 11.8 Å². The molecule has 0 atom stereocenters. The van der Waals surface area contributed by atoms with E-state index in [4.69, 9.17) is 4.74 Å². The fourth-order valence-electron chi connectivity index (χ4n) is 2.09. The van der Waals surface area contributed by atoms with Crippen molar-refractivity contribution in [2.45, 2.75) is 44.7 Å². The van der Waals surface area contributed by atoms with E-state index in [9.17, 15) is 4.79 Å². The third-order valence-corrected chi connectivity index (χ3v) is 4.91. The quantitative estimate of drug-likeness (QED) is 0.782. The lowest BCUT2D eigenvalue weighted by atomic mass is 10.2. The van der Waals surface area contributed by atoms with Gasteiger partial charge in [-0.2, -0.15) is 8.75 Å². The largest absolute Gasteiger partial charge is 0.444 e. The molecule has 1 saturated heterocycles. The predicted octanol–water partition coefficient (Wildman–Crippen LogP) is 3.10. The summed E-state index contributed by atoms with van der Waals surface area (Å²) in [7, 11) is 0. The van der Waals surface area contributed by atoms with Crippen LogP contribution in [0.4, 0.5) is 10.6 Å². The standard InChI is InChI=1S/C14H24N4O2S2/c1-5-10-21-12-11(15-22-16-12)17-6-8-18(9-7-17)13(19)20-14(2,3)4/h5-10H2,1-4H3. The van der Waals surface area contributed by atoms with Gasteiger partial charge in [0.1, 0.15) is 5.60 Å². The Labute approximate surface area is 140 Å². The first-order chi connectivity index (χ1) is 10.4. The Morgan fingerprint density at radius 2 is 1.95 bits per heavy atom. The molecule has 6 nitrogen and oxygen atoms in total. The first kappa shape index (κ1) is 17.3. The van der Waals surface area contributed by atoms with Crippen molar-refractivity contribution < 1.29 is 9.53 Å². The lowest BCUT2D eigenvalue weighted by Crippen LogP contribution is -2.50. The van der Waals surface area contributed by atoms with Crippen molar-refractivity contribution in [3.05, 3.63) is 0 Å². The fraction of sp³-hybridized carbons (Fsp3) is 0.786. The first-order valence-corrected chi connectivity index (χ1v) is 9.30. The number of anilines is 1. The monoisotopic (exact) mass is 344 g/mol. The zero-order valence-electron chi connectivity index (χ0n) is 13.7. The molecule has 0 N–H and O–H groups in total. The van der Waals surface area contributed by atoms with Crippen LogP contribution < -0.4 is 4.90 Å².